The fourth-order valence-corrected chi connectivity index (χ4v) is 3.95. The molecular weight excluding hydrogens is 452 g/mol. The van der Waals surface area contributed by atoms with Gasteiger partial charge in [-0.3, -0.25) is 0 Å². The maximum Gasteiger partial charge on any atom is 0.335 e. The van der Waals surface area contributed by atoms with Crippen LogP contribution in [0, 0.1) is 0 Å². The molecule has 1 unspecified atom stereocenters. The van der Waals surface area contributed by atoms with E-state index >= 15 is 0 Å². The lowest BCUT2D eigenvalue weighted by Crippen LogP contribution is -2.24. The van der Waals surface area contributed by atoms with Gasteiger partial charge in [0, 0.05) is 18.4 Å². The van der Waals surface area contributed by atoms with E-state index in [1.165, 1.54) is 41.5 Å². The Morgan fingerprint density at radius 1 is 0.972 bits per heavy atom. The number of aliphatic hydroxyl groups excluding tert-OH is 1. The van der Waals surface area contributed by atoms with E-state index in [2.05, 4.69) is 69.5 Å². The van der Waals surface area contributed by atoms with E-state index in [9.17, 15) is 9.59 Å². The van der Waals surface area contributed by atoms with Gasteiger partial charge >= 0.3 is 11.9 Å². The predicted molar refractivity (Wildman–Crippen MR) is 145 cm³/mol. The molecule has 5 heteroatoms. The lowest BCUT2D eigenvalue weighted by atomic mass is 9.93. The molecule has 1 N–H and O–H groups in total. The molecule has 36 heavy (non-hydrogen) atoms. The average molecular weight is 493 g/mol. The minimum Gasteiger partial charge on any atom is -0.462 e. The van der Waals surface area contributed by atoms with E-state index in [0.717, 1.165) is 18.4 Å². The highest BCUT2D eigenvalue weighted by atomic mass is 16.6. The topological polar surface area (TPSA) is 72.8 Å². The summed E-state index contributed by atoms with van der Waals surface area (Å²) in [6.07, 6.45) is 6.02. The highest BCUT2D eigenvalue weighted by Gasteiger charge is 2.18. The third-order valence-electron chi connectivity index (χ3n) is 6.12. The minimum absolute atomic E-state index is 0.0114. The van der Waals surface area contributed by atoms with E-state index in [1.54, 1.807) is 6.92 Å². The molecule has 1 atom stereocenters. The minimum atomic E-state index is -0.656. The van der Waals surface area contributed by atoms with Crippen LogP contribution in [0.3, 0.4) is 0 Å². The summed E-state index contributed by atoms with van der Waals surface area (Å²) in [7, 11) is 0. The second kappa shape index (κ2) is 15.0. The number of hydrogen-bond acceptors (Lipinski definition) is 5. The van der Waals surface area contributed by atoms with Crippen molar-refractivity contribution in [3.63, 3.8) is 0 Å². The van der Waals surface area contributed by atoms with Crippen molar-refractivity contribution < 1.29 is 24.2 Å². The van der Waals surface area contributed by atoms with Crippen molar-refractivity contribution >= 4 is 11.9 Å². The fourth-order valence-electron chi connectivity index (χ4n) is 3.95. The van der Waals surface area contributed by atoms with E-state index in [4.69, 9.17) is 14.6 Å². The number of unbranched alkanes of at least 4 members (excludes halogenated alkanes) is 2. The Bertz CT molecular complexity index is 1040. The van der Waals surface area contributed by atoms with E-state index in [1.807, 2.05) is 0 Å². The summed E-state index contributed by atoms with van der Waals surface area (Å²) in [4.78, 5) is 24.0. The summed E-state index contributed by atoms with van der Waals surface area (Å²) in [5, 5.41) is 9.02. The highest BCUT2D eigenvalue weighted by molar-refractivity contribution is 5.88. The summed E-state index contributed by atoms with van der Waals surface area (Å²) in [5.74, 6) is -1.13. The maximum atomic E-state index is 12.2. The number of rotatable bonds is 15. The number of aliphatic hydroxyl groups is 1. The van der Waals surface area contributed by atoms with Gasteiger partial charge in [0.2, 0.25) is 0 Å². The predicted octanol–water partition coefficient (Wildman–Crippen LogP) is 6.16. The van der Waals surface area contributed by atoms with Gasteiger partial charge in [-0.25, -0.2) is 9.59 Å². The molecule has 0 amide bonds. The van der Waals surface area contributed by atoms with Crippen molar-refractivity contribution in [3.05, 3.63) is 83.5 Å². The molecule has 2 aromatic rings. The molecule has 194 valence electrons. The third kappa shape index (κ3) is 9.12. The van der Waals surface area contributed by atoms with Crippen molar-refractivity contribution in [1.82, 2.24) is 0 Å². The number of hydrogen-bond donors (Lipinski definition) is 1. The van der Waals surface area contributed by atoms with Crippen LogP contribution in [0.1, 0.15) is 63.1 Å². The Balaban J connectivity index is 2.14. The van der Waals surface area contributed by atoms with Gasteiger partial charge in [-0.2, -0.15) is 0 Å². The second-order valence-corrected chi connectivity index (χ2v) is 9.20. The smallest absolute Gasteiger partial charge is 0.335 e. The standard InChI is InChI=1S/C31H40O5/c1-6-8-9-10-24-11-14-27(15-12-24)29-16-13-25(19-26(29)7-2)20-28(36-30(33)22(3)4)17-18-35-31(34)23(5)21-32/h11-16,19,28,32H,3,5-10,17-18,20-21H2,1-2,4H3. The monoisotopic (exact) mass is 492 g/mol. The van der Waals surface area contributed by atoms with Crippen LogP contribution in [-0.4, -0.2) is 36.4 Å². The molecule has 2 rings (SSSR count). The van der Waals surface area contributed by atoms with Crippen LogP contribution in [0.5, 0.6) is 0 Å². The van der Waals surface area contributed by atoms with Crippen molar-refractivity contribution in [1.29, 1.82) is 0 Å². The SMILES string of the molecule is C=C(C)C(=O)OC(CCOC(=O)C(=C)CO)Cc1ccc(-c2ccc(CCCCC)cc2)c(CC)c1. The van der Waals surface area contributed by atoms with E-state index < -0.39 is 24.6 Å². The van der Waals surface area contributed by atoms with Crippen molar-refractivity contribution in [2.24, 2.45) is 0 Å². The van der Waals surface area contributed by atoms with Crippen LogP contribution in [0.4, 0.5) is 0 Å². The largest absolute Gasteiger partial charge is 0.462 e. The molecule has 5 nitrogen and oxygen atoms in total. The number of aryl methyl sites for hydroxylation is 2. The Morgan fingerprint density at radius 3 is 2.28 bits per heavy atom. The number of esters is 2. The molecule has 0 aromatic heterocycles. The van der Waals surface area contributed by atoms with Gasteiger partial charge in [0.25, 0.3) is 0 Å². The normalized spacial score (nSPS) is 11.6. The van der Waals surface area contributed by atoms with Crippen LogP contribution >= 0.6 is 0 Å². The highest BCUT2D eigenvalue weighted by Crippen LogP contribution is 2.27. The zero-order chi connectivity index (χ0) is 26.5. The number of carbonyl (C=O) groups is 2. The lowest BCUT2D eigenvalue weighted by molar-refractivity contribution is -0.146. The van der Waals surface area contributed by atoms with Crippen LogP contribution in [0.25, 0.3) is 11.1 Å². The molecule has 2 aromatic carbocycles. The van der Waals surface area contributed by atoms with Crippen LogP contribution in [0.15, 0.2) is 66.8 Å². The number of carbonyl (C=O) groups excluding carboxylic acids is 2. The summed E-state index contributed by atoms with van der Waals surface area (Å²) >= 11 is 0. The van der Waals surface area contributed by atoms with Gasteiger partial charge in [0.05, 0.1) is 18.8 Å². The van der Waals surface area contributed by atoms with Crippen LogP contribution < -0.4 is 0 Å². The Labute approximate surface area is 215 Å². The Morgan fingerprint density at radius 2 is 1.67 bits per heavy atom. The molecule has 0 fully saturated rings. The fraction of sp³-hybridized carbons (Fsp3) is 0.419. The average Bonchev–Trinajstić information content (AvgIpc) is 2.88. The quantitative estimate of drug-likeness (QED) is 0.183. The Kier molecular flexibility index (Phi) is 12.1. The molecule has 0 aliphatic carbocycles. The van der Waals surface area contributed by atoms with Crippen molar-refractivity contribution in [2.45, 2.75) is 71.8 Å². The molecule has 0 aliphatic heterocycles. The first kappa shape index (κ1) is 29.1. The molecule has 0 saturated carbocycles. The van der Waals surface area contributed by atoms with Crippen LogP contribution in [-0.2, 0) is 38.3 Å². The van der Waals surface area contributed by atoms with Gasteiger partial charge in [0.15, 0.2) is 0 Å². The zero-order valence-corrected chi connectivity index (χ0v) is 22.0. The summed E-state index contributed by atoms with van der Waals surface area (Å²) in [5.41, 5.74) is 6.33. The summed E-state index contributed by atoms with van der Waals surface area (Å²) < 4.78 is 10.8. The molecule has 0 radical (unpaired) electrons. The van der Waals surface area contributed by atoms with Crippen molar-refractivity contribution in [3.8, 4) is 11.1 Å². The van der Waals surface area contributed by atoms with Gasteiger partial charge in [-0.05, 0) is 54.0 Å². The third-order valence-corrected chi connectivity index (χ3v) is 6.12. The lowest BCUT2D eigenvalue weighted by Gasteiger charge is -2.19. The van der Waals surface area contributed by atoms with Crippen LogP contribution in [0.2, 0.25) is 0 Å². The molecule has 0 bridgehead atoms. The second-order valence-electron chi connectivity index (χ2n) is 9.20. The zero-order valence-electron chi connectivity index (χ0n) is 22.0. The molecular formula is C31H40O5. The molecule has 0 heterocycles. The first-order valence-electron chi connectivity index (χ1n) is 12.8. The van der Waals surface area contributed by atoms with Gasteiger partial charge in [-0.15, -0.1) is 0 Å². The molecule has 0 spiro atoms. The molecule has 0 aliphatic rings. The van der Waals surface area contributed by atoms with E-state index in [-0.39, 0.29) is 12.2 Å². The number of ether oxygens (including phenoxy) is 2. The van der Waals surface area contributed by atoms with Crippen molar-refractivity contribution in [2.75, 3.05) is 13.2 Å². The summed E-state index contributed by atoms with van der Waals surface area (Å²) in [6.45, 7) is 12.7. The first-order chi connectivity index (χ1) is 17.3. The Hall–Kier alpha value is -3.18. The summed E-state index contributed by atoms with van der Waals surface area (Å²) in [6, 6.07) is 15.2. The maximum absolute atomic E-state index is 12.2. The molecule has 0 saturated heterocycles. The first-order valence-corrected chi connectivity index (χ1v) is 12.8. The number of benzene rings is 2. The van der Waals surface area contributed by atoms with Gasteiger partial charge < -0.3 is 14.6 Å². The van der Waals surface area contributed by atoms with Gasteiger partial charge in [-0.1, -0.05) is 82.3 Å². The van der Waals surface area contributed by atoms with E-state index in [0.29, 0.717) is 18.4 Å². The van der Waals surface area contributed by atoms with Gasteiger partial charge in [0.1, 0.15) is 6.10 Å².